The fraction of sp³-hybridized carbons (Fsp3) is 0.0769. The van der Waals surface area contributed by atoms with Crippen LogP contribution in [-0.2, 0) is 0 Å². The topological polar surface area (TPSA) is 56.2 Å². The van der Waals surface area contributed by atoms with Gasteiger partial charge >= 0.3 is 0 Å². The third-order valence-corrected chi connectivity index (χ3v) is 3.03. The van der Waals surface area contributed by atoms with Crippen molar-refractivity contribution in [2.24, 2.45) is 0 Å². The van der Waals surface area contributed by atoms with Crippen LogP contribution in [0.3, 0.4) is 0 Å². The summed E-state index contributed by atoms with van der Waals surface area (Å²) < 4.78 is 1.89. The Kier molecular flexibility index (Phi) is 2.45. The number of nitrogens with zero attached hydrogens (tertiary/aromatic N) is 3. The molecule has 0 spiro atoms. The number of rotatable bonds is 1. The molecule has 2 heterocycles. The van der Waals surface area contributed by atoms with Gasteiger partial charge in [0, 0.05) is 22.5 Å². The summed E-state index contributed by atoms with van der Waals surface area (Å²) in [7, 11) is 0. The lowest BCUT2D eigenvalue weighted by Gasteiger charge is -2.03. The van der Waals surface area contributed by atoms with Gasteiger partial charge in [0.05, 0.1) is 0 Å². The molecule has 90 valence electrons. The van der Waals surface area contributed by atoms with E-state index in [-0.39, 0.29) is 0 Å². The van der Waals surface area contributed by atoms with Gasteiger partial charge in [-0.3, -0.25) is 4.40 Å². The molecule has 3 rings (SSSR count). The molecule has 0 radical (unpaired) electrons. The van der Waals surface area contributed by atoms with E-state index in [1.54, 1.807) is 0 Å². The molecule has 0 fully saturated rings. The van der Waals surface area contributed by atoms with Crippen LogP contribution in [0.4, 0.5) is 5.69 Å². The van der Waals surface area contributed by atoms with Crippen LogP contribution in [0.15, 0.2) is 36.5 Å². The Morgan fingerprint density at radius 1 is 1.22 bits per heavy atom. The molecule has 0 aliphatic carbocycles. The molecule has 0 bridgehead atoms. The minimum absolute atomic E-state index is 0.671. The first-order valence-electron chi connectivity index (χ1n) is 5.52. The number of benzene rings is 1. The van der Waals surface area contributed by atoms with Gasteiger partial charge in [-0.2, -0.15) is 0 Å². The minimum atomic E-state index is 0.671. The molecule has 0 saturated heterocycles. The Balaban J connectivity index is 2.30. The summed E-state index contributed by atoms with van der Waals surface area (Å²) in [6.45, 7) is 1.96. The van der Waals surface area contributed by atoms with E-state index in [0.29, 0.717) is 10.7 Å². The number of anilines is 1. The fourth-order valence-electron chi connectivity index (χ4n) is 2.01. The number of hydrogen-bond donors (Lipinski definition) is 1. The maximum absolute atomic E-state index is 5.99. The number of nitrogens with two attached hydrogens (primary N) is 1. The standard InChI is InChI=1S/C13H11ClN4/c1-8-5-11(15)7-18-12(8)16-17-13(18)9-3-2-4-10(14)6-9/h2-7H,15H2,1H3. The molecule has 0 aliphatic heterocycles. The second-order valence-corrected chi connectivity index (χ2v) is 4.62. The second kappa shape index (κ2) is 3.99. The number of aryl methyl sites for hydroxylation is 1. The van der Waals surface area contributed by atoms with Crippen molar-refractivity contribution in [2.75, 3.05) is 5.73 Å². The summed E-state index contributed by atoms with van der Waals surface area (Å²) in [4.78, 5) is 0. The molecule has 18 heavy (non-hydrogen) atoms. The Morgan fingerprint density at radius 2 is 2.06 bits per heavy atom. The van der Waals surface area contributed by atoms with Crippen molar-refractivity contribution in [3.63, 3.8) is 0 Å². The summed E-state index contributed by atoms with van der Waals surface area (Å²) in [6.07, 6.45) is 1.82. The quantitative estimate of drug-likeness (QED) is 0.730. The van der Waals surface area contributed by atoms with Gasteiger partial charge in [0.2, 0.25) is 0 Å². The molecule has 0 aliphatic rings. The normalized spacial score (nSPS) is 11.0. The van der Waals surface area contributed by atoms with Crippen molar-refractivity contribution in [2.45, 2.75) is 6.92 Å². The Morgan fingerprint density at radius 3 is 2.83 bits per heavy atom. The van der Waals surface area contributed by atoms with Gasteiger partial charge in [-0.05, 0) is 30.7 Å². The summed E-state index contributed by atoms with van der Waals surface area (Å²) in [5.74, 6) is 0.739. The molecule has 0 atom stereocenters. The smallest absolute Gasteiger partial charge is 0.168 e. The SMILES string of the molecule is Cc1cc(N)cn2c(-c3cccc(Cl)c3)nnc12. The summed E-state index contributed by atoms with van der Waals surface area (Å²) in [6, 6.07) is 9.40. The lowest BCUT2D eigenvalue weighted by molar-refractivity contribution is 1.11. The number of halogens is 1. The molecule has 0 amide bonds. The van der Waals surface area contributed by atoms with E-state index in [1.165, 1.54) is 0 Å². The first-order chi connectivity index (χ1) is 8.65. The van der Waals surface area contributed by atoms with E-state index in [2.05, 4.69) is 10.2 Å². The number of hydrogen-bond acceptors (Lipinski definition) is 3. The number of pyridine rings is 1. The van der Waals surface area contributed by atoms with Gasteiger partial charge < -0.3 is 5.73 Å². The number of nitrogen functional groups attached to an aromatic ring is 1. The van der Waals surface area contributed by atoms with Gasteiger partial charge in [0.15, 0.2) is 11.5 Å². The molecular weight excluding hydrogens is 248 g/mol. The summed E-state index contributed by atoms with van der Waals surface area (Å²) in [5, 5.41) is 9.06. The third-order valence-electron chi connectivity index (χ3n) is 2.79. The third kappa shape index (κ3) is 1.71. The minimum Gasteiger partial charge on any atom is -0.398 e. The Bertz CT molecular complexity index is 733. The first-order valence-corrected chi connectivity index (χ1v) is 5.90. The van der Waals surface area contributed by atoms with Crippen molar-refractivity contribution in [3.05, 3.63) is 47.1 Å². The summed E-state index contributed by atoms with van der Waals surface area (Å²) in [5.41, 5.74) is 9.26. The van der Waals surface area contributed by atoms with Gasteiger partial charge in [-0.15, -0.1) is 10.2 Å². The lowest BCUT2D eigenvalue weighted by atomic mass is 10.2. The van der Waals surface area contributed by atoms with Crippen molar-refractivity contribution in [3.8, 4) is 11.4 Å². The van der Waals surface area contributed by atoms with Crippen LogP contribution in [-0.4, -0.2) is 14.6 Å². The van der Waals surface area contributed by atoms with E-state index in [4.69, 9.17) is 17.3 Å². The molecule has 0 saturated carbocycles. The molecule has 2 N–H and O–H groups in total. The van der Waals surface area contributed by atoms with E-state index in [1.807, 2.05) is 47.9 Å². The van der Waals surface area contributed by atoms with Gasteiger partial charge in [-0.1, -0.05) is 23.7 Å². The van der Waals surface area contributed by atoms with Crippen LogP contribution < -0.4 is 5.73 Å². The van der Waals surface area contributed by atoms with Crippen LogP contribution >= 0.6 is 11.6 Å². The molecule has 4 nitrogen and oxygen atoms in total. The number of fused-ring (bicyclic) bond motifs is 1. The zero-order valence-electron chi connectivity index (χ0n) is 9.76. The molecule has 3 aromatic rings. The molecule has 1 aromatic carbocycles. The predicted molar refractivity (Wildman–Crippen MR) is 72.6 cm³/mol. The lowest BCUT2D eigenvalue weighted by Crippen LogP contribution is -1.95. The molecular formula is C13H11ClN4. The van der Waals surface area contributed by atoms with Crippen LogP contribution in [0.25, 0.3) is 17.0 Å². The highest BCUT2D eigenvalue weighted by molar-refractivity contribution is 6.30. The van der Waals surface area contributed by atoms with E-state index in [9.17, 15) is 0 Å². The van der Waals surface area contributed by atoms with Crippen LogP contribution in [0.5, 0.6) is 0 Å². The van der Waals surface area contributed by atoms with Gasteiger partial charge in [-0.25, -0.2) is 0 Å². The van der Waals surface area contributed by atoms with Crippen LogP contribution in [0.1, 0.15) is 5.56 Å². The van der Waals surface area contributed by atoms with E-state index in [0.717, 1.165) is 22.6 Å². The molecule has 2 aromatic heterocycles. The highest BCUT2D eigenvalue weighted by atomic mass is 35.5. The highest BCUT2D eigenvalue weighted by Crippen LogP contribution is 2.23. The molecule has 5 heteroatoms. The zero-order valence-corrected chi connectivity index (χ0v) is 10.5. The van der Waals surface area contributed by atoms with Gasteiger partial charge in [0.25, 0.3) is 0 Å². The largest absolute Gasteiger partial charge is 0.398 e. The van der Waals surface area contributed by atoms with Crippen molar-refractivity contribution >= 4 is 22.9 Å². The maximum Gasteiger partial charge on any atom is 0.168 e. The fourth-order valence-corrected chi connectivity index (χ4v) is 2.20. The zero-order chi connectivity index (χ0) is 12.7. The van der Waals surface area contributed by atoms with Crippen molar-refractivity contribution in [1.82, 2.24) is 14.6 Å². The predicted octanol–water partition coefficient (Wildman–Crippen LogP) is 2.94. The maximum atomic E-state index is 5.99. The average Bonchev–Trinajstić information content (AvgIpc) is 2.72. The van der Waals surface area contributed by atoms with Crippen molar-refractivity contribution < 1.29 is 0 Å². The second-order valence-electron chi connectivity index (χ2n) is 4.18. The van der Waals surface area contributed by atoms with Crippen molar-refractivity contribution in [1.29, 1.82) is 0 Å². The highest BCUT2D eigenvalue weighted by Gasteiger charge is 2.10. The summed E-state index contributed by atoms with van der Waals surface area (Å²) >= 11 is 5.99. The molecule has 0 unspecified atom stereocenters. The number of aromatic nitrogens is 3. The first kappa shape index (κ1) is 11.0. The Labute approximate surface area is 109 Å². The monoisotopic (exact) mass is 258 g/mol. The Hall–Kier alpha value is -2.07. The van der Waals surface area contributed by atoms with Crippen LogP contribution in [0, 0.1) is 6.92 Å². The van der Waals surface area contributed by atoms with Crippen LogP contribution in [0.2, 0.25) is 5.02 Å². The van der Waals surface area contributed by atoms with Gasteiger partial charge in [0.1, 0.15) is 0 Å². The average molecular weight is 259 g/mol. The van der Waals surface area contributed by atoms with E-state index < -0.39 is 0 Å². The van der Waals surface area contributed by atoms with E-state index >= 15 is 0 Å².